The molecule has 0 amide bonds. The minimum absolute atomic E-state index is 0.0286. The van der Waals surface area contributed by atoms with Gasteiger partial charge >= 0.3 is 5.97 Å². The number of ketones is 1. The van der Waals surface area contributed by atoms with Gasteiger partial charge in [-0.25, -0.2) is 0 Å². The highest BCUT2D eigenvalue weighted by Crippen LogP contribution is 2.28. The maximum atomic E-state index is 11.9. The van der Waals surface area contributed by atoms with E-state index in [1.807, 2.05) is 30.3 Å². The minimum atomic E-state index is -0.900. The molecule has 4 heteroatoms. The molecule has 0 atom stereocenters. The number of benzene rings is 1. The molecule has 1 N–H and O–H groups in total. The average molecular weight is 290 g/mol. The molecule has 0 bridgehead atoms. The van der Waals surface area contributed by atoms with E-state index in [4.69, 9.17) is 9.84 Å². The summed E-state index contributed by atoms with van der Waals surface area (Å²) in [6.45, 7) is 0.614. The Balaban J connectivity index is 1.68. The zero-order chi connectivity index (χ0) is 15.1. The molecule has 0 radical (unpaired) electrons. The molecule has 114 valence electrons. The van der Waals surface area contributed by atoms with E-state index in [0.717, 1.165) is 31.2 Å². The van der Waals surface area contributed by atoms with Crippen molar-refractivity contribution in [1.29, 1.82) is 0 Å². The number of carboxylic acid groups (broad SMARTS) is 1. The molecule has 1 aliphatic rings. The number of rotatable bonds is 7. The number of hydrogen-bond donors (Lipinski definition) is 1. The summed E-state index contributed by atoms with van der Waals surface area (Å²) in [4.78, 5) is 22.4. The lowest BCUT2D eigenvalue weighted by atomic mass is 9.83. The van der Waals surface area contributed by atoms with Crippen molar-refractivity contribution in [3.8, 4) is 0 Å². The van der Waals surface area contributed by atoms with Crippen LogP contribution in [0.25, 0.3) is 0 Å². The molecule has 1 aromatic carbocycles. The molecule has 1 aliphatic carbocycles. The number of Topliss-reactive ketones (excluding diaryl/α,β-unsaturated/α-hetero) is 1. The highest BCUT2D eigenvalue weighted by molar-refractivity contribution is 5.84. The summed E-state index contributed by atoms with van der Waals surface area (Å²) in [7, 11) is 0. The van der Waals surface area contributed by atoms with Crippen molar-refractivity contribution in [2.24, 2.45) is 5.92 Å². The smallest absolute Gasteiger partial charge is 0.303 e. The Morgan fingerprint density at radius 2 is 1.71 bits per heavy atom. The third-order valence-electron chi connectivity index (χ3n) is 4.04. The summed E-state index contributed by atoms with van der Waals surface area (Å²) in [5.74, 6) is -0.775. The topological polar surface area (TPSA) is 63.6 Å². The second kappa shape index (κ2) is 7.93. The van der Waals surface area contributed by atoms with E-state index in [9.17, 15) is 9.59 Å². The van der Waals surface area contributed by atoms with Gasteiger partial charge in [0.25, 0.3) is 0 Å². The first kappa shape index (κ1) is 15.7. The number of carboxylic acids is 1. The van der Waals surface area contributed by atoms with Crippen molar-refractivity contribution in [2.45, 2.75) is 51.2 Å². The summed E-state index contributed by atoms with van der Waals surface area (Å²) in [6.07, 6.45) is 3.73. The third-order valence-corrected chi connectivity index (χ3v) is 4.04. The van der Waals surface area contributed by atoms with E-state index in [0.29, 0.717) is 6.61 Å². The first-order valence-electron chi connectivity index (χ1n) is 7.55. The molecule has 1 fully saturated rings. The molecule has 0 aliphatic heterocycles. The SMILES string of the molecule is O=C(O)CCC(=O)C1CCC(OCc2ccccc2)CC1. The van der Waals surface area contributed by atoms with Gasteiger partial charge in [-0.2, -0.15) is 0 Å². The summed E-state index contributed by atoms with van der Waals surface area (Å²) in [6, 6.07) is 10.1. The molecule has 0 saturated heterocycles. The van der Waals surface area contributed by atoms with Gasteiger partial charge in [0, 0.05) is 12.3 Å². The van der Waals surface area contributed by atoms with E-state index >= 15 is 0 Å². The number of hydrogen-bond acceptors (Lipinski definition) is 3. The molecular formula is C17H22O4. The second-order valence-electron chi connectivity index (χ2n) is 5.63. The van der Waals surface area contributed by atoms with Crippen LogP contribution >= 0.6 is 0 Å². The third kappa shape index (κ3) is 5.31. The van der Waals surface area contributed by atoms with Gasteiger partial charge in [-0.15, -0.1) is 0 Å². The van der Waals surface area contributed by atoms with E-state index in [-0.39, 0.29) is 30.6 Å². The van der Waals surface area contributed by atoms with Crippen LogP contribution in [0.4, 0.5) is 0 Å². The van der Waals surface area contributed by atoms with Crippen molar-refractivity contribution in [1.82, 2.24) is 0 Å². The van der Waals surface area contributed by atoms with Crippen LogP contribution in [0.5, 0.6) is 0 Å². The Morgan fingerprint density at radius 1 is 1.05 bits per heavy atom. The van der Waals surface area contributed by atoms with Gasteiger partial charge < -0.3 is 9.84 Å². The Hall–Kier alpha value is -1.68. The fourth-order valence-electron chi connectivity index (χ4n) is 2.77. The van der Waals surface area contributed by atoms with Crippen LogP contribution in [0.3, 0.4) is 0 Å². The molecule has 0 spiro atoms. The number of carbonyl (C=O) groups excluding carboxylic acids is 1. The molecule has 0 heterocycles. The van der Waals surface area contributed by atoms with Crippen LogP contribution in [-0.4, -0.2) is 23.0 Å². The number of ether oxygens (including phenoxy) is 1. The van der Waals surface area contributed by atoms with Gasteiger partial charge in [0.2, 0.25) is 0 Å². The predicted molar refractivity (Wildman–Crippen MR) is 78.9 cm³/mol. The Kier molecular flexibility index (Phi) is 5.93. The maximum Gasteiger partial charge on any atom is 0.303 e. The van der Waals surface area contributed by atoms with E-state index < -0.39 is 5.97 Å². The van der Waals surface area contributed by atoms with Crippen LogP contribution in [0, 0.1) is 5.92 Å². The lowest BCUT2D eigenvalue weighted by Crippen LogP contribution is -2.26. The van der Waals surface area contributed by atoms with Crippen molar-refractivity contribution in [3.05, 3.63) is 35.9 Å². The molecule has 2 rings (SSSR count). The standard InChI is InChI=1S/C17H22O4/c18-16(10-11-17(19)20)14-6-8-15(9-7-14)21-12-13-4-2-1-3-5-13/h1-5,14-15H,6-12H2,(H,19,20). The first-order valence-corrected chi connectivity index (χ1v) is 7.55. The molecule has 0 unspecified atom stereocenters. The summed E-state index contributed by atoms with van der Waals surface area (Å²) in [5, 5.41) is 8.61. The summed E-state index contributed by atoms with van der Waals surface area (Å²) in [5.41, 5.74) is 1.16. The quantitative estimate of drug-likeness (QED) is 0.837. The lowest BCUT2D eigenvalue weighted by molar-refractivity contribution is -0.139. The zero-order valence-corrected chi connectivity index (χ0v) is 12.2. The highest BCUT2D eigenvalue weighted by Gasteiger charge is 2.26. The first-order chi connectivity index (χ1) is 10.1. The Morgan fingerprint density at radius 3 is 2.33 bits per heavy atom. The average Bonchev–Trinajstić information content (AvgIpc) is 2.52. The highest BCUT2D eigenvalue weighted by atomic mass is 16.5. The molecule has 1 aromatic rings. The fourth-order valence-corrected chi connectivity index (χ4v) is 2.77. The molecule has 0 aromatic heterocycles. The summed E-state index contributed by atoms with van der Waals surface area (Å²) < 4.78 is 5.89. The molecular weight excluding hydrogens is 268 g/mol. The van der Waals surface area contributed by atoms with Crippen LogP contribution in [0.15, 0.2) is 30.3 Å². The molecule has 1 saturated carbocycles. The van der Waals surface area contributed by atoms with Gasteiger partial charge in [-0.1, -0.05) is 30.3 Å². The van der Waals surface area contributed by atoms with Crippen molar-refractivity contribution in [2.75, 3.05) is 0 Å². The van der Waals surface area contributed by atoms with Crippen LogP contribution in [-0.2, 0) is 20.9 Å². The Bertz CT molecular complexity index is 461. The van der Waals surface area contributed by atoms with Gasteiger partial charge in [0.05, 0.1) is 19.1 Å². The van der Waals surface area contributed by atoms with Gasteiger partial charge in [-0.3, -0.25) is 9.59 Å². The maximum absolute atomic E-state index is 11.9. The zero-order valence-electron chi connectivity index (χ0n) is 12.2. The van der Waals surface area contributed by atoms with Crippen molar-refractivity contribution >= 4 is 11.8 Å². The Labute approximate surface area is 125 Å². The van der Waals surface area contributed by atoms with Gasteiger partial charge in [-0.05, 0) is 31.2 Å². The van der Waals surface area contributed by atoms with Crippen molar-refractivity contribution in [3.63, 3.8) is 0 Å². The van der Waals surface area contributed by atoms with Gasteiger partial charge in [0.15, 0.2) is 0 Å². The fraction of sp³-hybridized carbons (Fsp3) is 0.529. The normalized spacial score (nSPS) is 21.9. The van der Waals surface area contributed by atoms with E-state index in [1.165, 1.54) is 0 Å². The minimum Gasteiger partial charge on any atom is -0.481 e. The monoisotopic (exact) mass is 290 g/mol. The van der Waals surface area contributed by atoms with Crippen LogP contribution in [0.1, 0.15) is 44.1 Å². The number of carbonyl (C=O) groups is 2. The largest absolute Gasteiger partial charge is 0.481 e. The molecule has 4 nitrogen and oxygen atoms in total. The van der Waals surface area contributed by atoms with Crippen molar-refractivity contribution < 1.29 is 19.4 Å². The van der Waals surface area contributed by atoms with Gasteiger partial charge in [0.1, 0.15) is 5.78 Å². The molecule has 21 heavy (non-hydrogen) atoms. The van der Waals surface area contributed by atoms with Crippen LogP contribution in [0.2, 0.25) is 0 Å². The van der Waals surface area contributed by atoms with E-state index in [2.05, 4.69) is 0 Å². The lowest BCUT2D eigenvalue weighted by Gasteiger charge is -2.27. The van der Waals surface area contributed by atoms with Crippen LogP contribution < -0.4 is 0 Å². The number of aliphatic carboxylic acids is 1. The second-order valence-corrected chi connectivity index (χ2v) is 5.63. The predicted octanol–water partition coefficient (Wildman–Crippen LogP) is 3.20. The van der Waals surface area contributed by atoms with E-state index in [1.54, 1.807) is 0 Å². The summed E-state index contributed by atoms with van der Waals surface area (Å²) >= 11 is 0.